The van der Waals surface area contributed by atoms with Gasteiger partial charge in [-0.1, -0.05) is 32.4 Å². The molecular formula is C19H30O. The normalized spacial score (nSPS) is 57.9. The summed E-state index contributed by atoms with van der Waals surface area (Å²) in [5.41, 5.74) is 1.05. The lowest BCUT2D eigenvalue weighted by molar-refractivity contribution is -0.0760. The molecule has 0 saturated heterocycles. The summed E-state index contributed by atoms with van der Waals surface area (Å²) in [4.78, 5) is 0. The molecule has 0 bridgehead atoms. The van der Waals surface area contributed by atoms with E-state index < -0.39 is 0 Å². The molecule has 3 fully saturated rings. The van der Waals surface area contributed by atoms with Crippen LogP contribution in [0.5, 0.6) is 0 Å². The molecule has 4 aliphatic rings. The van der Waals surface area contributed by atoms with E-state index in [9.17, 15) is 5.11 Å². The number of hydrogen-bond donors (Lipinski definition) is 1. The first-order valence-corrected chi connectivity index (χ1v) is 8.90. The highest BCUT2D eigenvalue weighted by Crippen LogP contribution is 2.65. The highest BCUT2D eigenvalue weighted by atomic mass is 16.3. The van der Waals surface area contributed by atoms with Crippen molar-refractivity contribution in [2.24, 2.45) is 34.5 Å². The molecule has 0 aliphatic heterocycles. The van der Waals surface area contributed by atoms with E-state index in [1.165, 1.54) is 44.9 Å². The van der Waals surface area contributed by atoms with Gasteiger partial charge in [0.1, 0.15) is 0 Å². The lowest BCUT2D eigenvalue weighted by atomic mass is 9.46. The van der Waals surface area contributed by atoms with Crippen LogP contribution in [0.3, 0.4) is 0 Å². The van der Waals surface area contributed by atoms with Gasteiger partial charge >= 0.3 is 0 Å². The lowest BCUT2D eigenvalue weighted by Crippen LogP contribution is -2.51. The van der Waals surface area contributed by atoms with Crippen LogP contribution in [0.2, 0.25) is 0 Å². The molecule has 0 aromatic rings. The van der Waals surface area contributed by atoms with Gasteiger partial charge in [-0.15, -0.1) is 0 Å². The maximum atomic E-state index is 9.96. The second-order valence-corrected chi connectivity index (χ2v) is 8.76. The maximum Gasteiger partial charge on any atom is 0.0724 e. The van der Waals surface area contributed by atoms with Gasteiger partial charge in [-0.05, 0) is 79.4 Å². The lowest BCUT2D eigenvalue weighted by Gasteiger charge is -2.58. The molecule has 1 heteroatoms. The van der Waals surface area contributed by atoms with E-state index in [0.29, 0.717) is 10.8 Å². The Morgan fingerprint density at radius 1 is 1.00 bits per heavy atom. The zero-order valence-corrected chi connectivity index (χ0v) is 13.1. The quantitative estimate of drug-likeness (QED) is 0.642. The van der Waals surface area contributed by atoms with Crippen molar-refractivity contribution in [1.82, 2.24) is 0 Å². The fraction of sp³-hybridized carbons (Fsp3) is 0.895. The summed E-state index contributed by atoms with van der Waals surface area (Å²) in [5, 5.41) is 9.96. The molecule has 20 heavy (non-hydrogen) atoms. The third kappa shape index (κ3) is 1.71. The van der Waals surface area contributed by atoms with Gasteiger partial charge in [-0.25, -0.2) is 0 Å². The summed E-state index contributed by atoms with van der Waals surface area (Å²) in [5.74, 6) is 3.59. The van der Waals surface area contributed by atoms with Crippen molar-refractivity contribution < 1.29 is 5.11 Å². The van der Waals surface area contributed by atoms with E-state index in [4.69, 9.17) is 0 Å². The summed E-state index contributed by atoms with van der Waals surface area (Å²) in [7, 11) is 0. The Balaban J connectivity index is 1.67. The zero-order chi connectivity index (χ0) is 14.0. The van der Waals surface area contributed by atoms with E-state index in [0.717, 1.165) is 30.1 Å². The third-order valence-electron chi connectivity index (χ3n) is 7.95. The molecule has 1 N–H and O–H groups in total. The Morgan fingerprint density at radius 3 is 2.70 bits per heavy atom. The first-order valence-electron chi connectivity index (χ1n) is 8.90. The average Bonchev–Trinajstić information content (AvgIpc) is 2.81. The number of hydrogen-bond acceptors (Lipinski definition) is 1. The second-order valence-electron chi connectivity index (χ2n) is 8.76. The molecule has 1 nitrogen and oxygen atoms in total. The van der Waals surface area contributed by atoms with Crippen LogP contribution in [-0.4, -0.2) is 11.2 Å². The first kappa shape index (κ1) is 13.4. The minimum absolute atomic E-state index is 0.176. The van der Waals surface area contributed by atoms with Crippen molar-refractivity contribution >= 4 is 0 Å². The zero-order valence-electron chi connectivity index (χ0n) is 13.1. The summed E-state index contributed by atoms with van der Waals surface area (Å²) in [6, 6.07) is 0. The standard InChI is InChI=1S/C19H30O/c1-18-9-3-4-16(18)15-6-5-13-12-14(20)7-11-19(13,2)17(15)8-10-18/h7,11,13-17,20H,3-6,8-10,12H2,1-2H3/t13?,14-,15?,16?,17?,18?,19?/m1/s1. The van der Waals surface area contributed by atoms with Crippen molar-refractivity contribution in [2.45, 2.75) is 71.3 Å². The first-order chi connectivity index (χ1) is 9.53. The topological polar surface area (TPSA) is 20.2 Å². The molecule has 0 spiro atoms. The van der Waals surface area contributed by atoms with Crippen molar-refractivity contribution in [3.05, 3.63) is 12.2 Å². The Hall–Kier alpha value is -0.300. The van der Waals surface area contributed by atoms with E-state index in [-0.39, 0.29) is 6.10 Å². The van der Waals surface area contributed by atoms with Crippen LogP contribution < -0.4 is 0 Å². The molecule has 112 valence electrons. The SMILES string of the molecule is CC12CCCC1C1CCC3C[C@H](O)C=CC3(C)C1CC2. The molecule has 0 heterocycles. The van der Waals surface area contributed by atoms with Gasteiger partial charge in [-0.2, -0.15) is 0 Å². The van der Waals surface area contributed by atoms with Crippen LogP contribution in [0.25, 0.3) is 0 Å². The molecule has 0 amide bonds. The highest BCUT2D eigenvalue weighted by molar-refractivity contribution is 5.16. The largest absolute Gasteiger partial charge is 0.389 e. The van der Waals surface area contributed by atoms with Crippen LogP contribution in [0.4, 0.5) is 0 Å². The number of rotatable bonds is 0. The molecule has 0 aromatic carbocycles. The van der Waals surface area contributed by atoms with Crippen LogP contribution in [0.1, 0.15) is 65.2 Å². The summed E-state index contributed by atoms with van der Waals surface area (Å²) in [6.07, 6.45) is 15.5. The minimum atomic E-state index is -0.176. The van der Waals surface area contributed by atoms with Crippen molar-refractivity contribution in [1.29, 1.82) is 0 Å². The summed E-state index contributed by atoms with van der Waals surface area (Å²) in [6.45, 7) is 5.09. The predicted molar refractivity (Wildman–Crippen MR) is 82.3 cm³/mol. The fourth-order valence-corrected chi connectivity index (χ4v) is 6.78. The monoisotopic (exact) mass is 274 g/mol. The molecule has 6 unspecified atom stereocenters. The minimum Gasteiger partial charge on any atom is -0.389 e. The van der Waals surface area contributed by atoms with Gasteiger partial charge in [0.25, 0.3) is 0 Å². The van der Waals surface area contributed by atoms with Crippen LogP contribution >= 0.6 is 0 Å². The van der Waals surface area contributed by atoms with Gasteiger partial charge < -0.3 is 5.11 Å². The molecule has 0 radical (unpaired) electrons. The number of allylic oxidation sites excluding steroid dienone is 1. The number of aliphatic hydroxyl groups excluding tert-OH is 1. The molecule has 4 rings (SSSR count). The predicted octanol–water partition coefficient (Wildman–Crippen LogP) is 4.56. The fourth-order valence-electron chi connectivity index (χ4n) is 6.78. The average molecular weight is 274 g/mol. The summed E-state index contributed by atoms with van der Waals surface area (Å²) >= 11 is 0. The number of fused-ring (bicyclic) bond motifs is 5. The van der Waals surface area contributed by atoms with Crippen LogP contribution in [-0.2, 0) is 0 Å². The van der Waals surface area contributed by atoms with E-state index in [2.05, 4.69) is 26.0 Å². The highest BCUT2D eigenvalue weighted by Gasteiger charge is 2.56. The van der Waals surface area contributed by atoms with Gasteiger partial charge in [0.2, 0.25) is 0 Å². The number of aliphatic hydroxyl groups is 1. The Bertz CT molecular complexity index is 427. The third-order valence-corrected chi connectivity index (χ3v) is 7.95. The van der Waals surface area contributed by atoms with Gasteiger partial charge in [0.15, 0.2) is 0 Å². The van der Waals surface area contributed by atoms with Crippen molar-refractivity contribution in [2.75, 3.05) is 0 Å². The van der Waals surface area contributed by atoms with E-state index in [1.807, 2.05) is 0 Å². The Kier molecular flexibility index (Phi) is 2.91. The Labute approximate surface area is 123 Å². The van der Waals surface area contributed by atoms with Crippen LogP contribution in [0.15, 0.2) is 12.2 Å². The molecule has 3 saturated carbocycles. The molecule has 4 aliphatic carbocycles. The van der Waals surface area contributed by atoms with E-state index in [1.54, 1.807) is 0 Å². The van der Waals surface area contributed by atoms with Gasteiger partial charge in [0, 0.05) is 0 Å². The van der Waals surface area contributed by atoms with Gasteiger partial charge in [0.05, 0.1) is 6.10 Å². The maximum absolute atomic E-state index is 9.96. The van der Waals surface area contributed by atoms with Crippen molar-refractivity contribution in [3.63, 3.8) is 0 Å². The molecular weight excluding hydrogens is 244 g/mol. The second kappa shape index (κ2) is 4.35. The molecule has 0 aromatic heterocycles. The van der Waals surface area contributed by atoms with Crippen molar-refractivity contribution in [3.8, 4) is 0 Å². The van der Waals surface area contributed by atoms with Crippen LogP contribution in [0, 0.1) is 34.5 Å². The molecule has 7 atom stereocenters. The Morgan fingerprint density at radius 2 is 1.85 bits per heavy atom. The van der Waals surface area contributed by atoms with Gasteiger partial charge in [-0.3, -0.25) is 0 Å². The summed E-state index contributed by atoms with van der Waals surface area (Å²) < 4.78 is 0. The smallest absolute Gasteiger partial charge is 0.0724 e. The van der Waals surface area contributed by atoms with E-state index >= 15 is 0 Å².